The number of para-hydroxylation sites is 1. The molecule has 7 nitrogen and oxygen atoms in total. The van der Waals surface area contributed by atoms with Gasteiger partial charge in [0.2, 0.25) is 11.8 Å². The maximum Gasteiger partial charge on any atom is 0.249 e. The number of carbonyl (C=O) groups excluding carboxylic acids is 2. The van der Waals surface area contributed by atoms with E-state index in [1.165, 1.54) is 18.1 Å². The van der Waals surface area contributed by atoms with Gasteiger partial charge in [0.25, 0.3) is 0 Å². The number of aromatic amines is 1. The zero-order valence-corrected chi connectivity index (χ0v) is 21.1. The highest BCUT2D eigenvalue weighted by Crippen LogP contribution is 2.19. The van der Waals surface area contributed by atoms with Crippen molar-refractivity contribution in [1.29, 1.82) is 0 Å². The first kappa shape index (κ1) is 26.3. The quantitative estimate of drug-likeness (QED) is 0.372. The Morgan fingerprint density at radius 3 is 2.43 bits per heavy atom. The van der Waals surface area contributed by atoms with Gasteiger partial charge in [0.1, 0.15) is 12.4 Å². The minimum Gasteiger partial charge on any atom is -0.494 e. The van der Waals surface area contributed by atoms with E-state index < -0.39 is 0 Å². The number of hydrogen-bond donors (Lipinski definition) is 1. The second kappa shape index (κ2) is 13.5. The smallest absolute Gasteiger partial charge is 0.249 e. The molecule has 35 heavy (non-hydrogen) atoms. The van der Waals surface area contributed by atoms with E-state index in [9.17, 15) is 9.59 Å². The molecule has 3 rings (SSSR count). The molecule has 0 aliphatic carbocycles. The summed E-state index contributed by atoms with van der Waals surface area (Å²) in [5, 5.41) is 1.17. The Morgan fingerprint density at radius 2 is 1.71 bits per heavy atom. The third kappa shape index (κ3) is 7.59. The fourth-order valence-electron chi connectivity index (χ4n) is 4.08. The number of aromatic nitrogens is 1. The van der Waals surface area contributed by atoms with Crippen LogP contribution in [0.3, 0.4) is 0 Å². The molecule has 0 radical (unpaired) electrons. The topological polar surface area (TPSA) is 74.9 Å². The lowest BCUT2D eigenvalue weighted by Crippen LogP contribution is -2.44. The van der Waals surface area contributed by atoms with Crippen molar-refractivity contribution in [2.75, 3.05) is 40.0 Å². The summed E-state index contributed by atoms with van der Waals surface area (Å²) in [6, 6.07) is 16.0. The van der Waals surface area contributed by atoms with Gasteiger partial charge >= 0.3 is 0 Å². The molecule has 7 heteroatoms. The van der Waals surface area contributed by atoms with Gasteiger partial charge in [-0.3, -0.25) is 9.59 Å². The van der Waals surface area contributed by atoms with Crippen molar-refractivity contribution in [3.05, 3.63) is 65.9 Å². The van der Waals surface area contributed by atoms with E-state index in [2.05, 4.69) is 24.0 Å². The third-order valence-electron chi connectivity index (χ3n) is 6.01. The number of amides is 2. The third-order valence-corrected chi connectivity index (χ3v) is 6.01. The van der Waals surface area contributed by atoms with Crippen LogP contribution in [0.25, 0.3) is 10.9 Å². The molecule has 0 atom stereocenters. The molecule has 0 saturated carbocycles. The Kier molecular flexibility index (Phi) is 10.2. The number of ether oxygens (including phenoxy) is 2. The highest BCUT2D eigenvalue weighted by atomic mass is 16.5. The Morgan fingerprint density at radius 1 is 0.943 bits per heavy atom. The van der Waals surface area contributed by atoms with Gasteiger partial charge < -0.3 is 24.3 Å². The minimum atomic E-state index is -0.160. The van der Waals surface area contributed by atoms with Crippen molar-refractivity contribution in [2.24, 2.45) is 0 Å². The number of rotatable bonds is 14. The van der Waals surface area contributed by atoms with Crippen molar-refractivity contribution in [1.82, 2.24) is 14.8 Å². The van der Waals surface area contributed by atoms with E-state index in [4.69, 9.17) is 9.47 Å². The highest BCUT2D eigenvalue weighted by molar-refractivity contribution is 5.86. The highest BCUT2D eigenvalue weighted by Gasteiger charge is 2.21. The molecule has 0 bridgehead atoms. The van der Waals surface area contributed by atoms with Gasteiger partial charge in [-0.05, 0) is 49.1 Å². The number of H-pyrrole nitrogens is 1. The lowest BCUT2D eigenvalue weighted by atomic mass is 10.1. The molecule has 1 heterocycles. The predicted molar refractivity (Wildman–Crippen MR) is 138 cm³/mol. The molecule has 1 N–H and O–H groups in total. The zero-order valence-electron chi connectivity index (χ0n) is 21.1. The fourth-order valence-corrected chi connectivity index (χ4v) is 4.08. The van der Waals surface area contributed by atoms with Crippen LogP contribution in [0, 0.1) is 0 Å². The largest absolute Gasteiger partial charge is 0.494 e. The summed E-state index contributed by atoms with van der Waals surface area (Å²) in [5.41, 5.74) is 3.27. The van der Waals surface area contributed by atoms with Crippen molar-refractivity contribution >= 4 is 22.7 Å². The molecule has 188 valence electrons. The van der Waals surface area contributed by atoms with Crippen molar-refractivity contribution in [3.63, 3.8) is 0 Å². The zero-order chi connectivity index (χ0) is 25.0. The molecule has 0 unspecified atom stereocenters. The van der Waals surface area contributed by atoms with Crippen LogP contribution in [0.1, 0.15) is 37.8 Å². The summed E-state index contributed by atoms with van der Waals surface area (Å²) in [7, 11) is 1.50. The average molecular weight is 480 g/mol. The van der Waals surface area contributed by atoms with Gasteiger partial charge in [0.15, 0.2) is 0 Å². The van der Waals surface area contributed by atoms with Gasteiger partial charge in [-0.2, -0.15) is 0 Å². The average Bonchev–Trinajstić information content (AvgIpc) is 3.28. The molecule has 2 amide bonds. The first-order chi connectivity index (χ1) is 17.0. The van der Waals surface area contributed by atoms with E-state index in [1.54, 1.807) is 4.90 Å². The lowest BCUT2D eigenvalue weighted by molar-refractivity contribution is -0.143. The molecule has 0 spiro atoms. The SMILES string of the molecule is CCCCN(CC(=O)N(CCc1c[nH]c2ccccc12)Cc1ccc(OCC)cc1)C(=O)COC. The number of nitrogens with one attached hydrogen (secondary N) is 1. The standard InChI is InChI=1S/C28H37N3O4/c1-4-6-16-30(28(33)21-34-3)20-27(32)31(19-22-11-13-24(14-12-22)35-5-2)17-15-23-18-29-26-10-8-7-9-25(23)26/h7-14,18,29H,4-6,15-17,19-21H2,1-3H3. The predicted octanol–water partition coefficient (Wildman–Crippen LogP) is 4.41. The normalized spacial score (nSPS) is 10.9. The molecule has 0 aliphatic heterocycles. The number of benzene rings is 2. The van der Waals surface area contributed by atoms with Crippen molar-refractivity contribution in [3.8, 4) is 5.75 Å². The van der Waals surface area contributed by atoms with Crippen LogP contribution in [-0.2, 0) is 27.3 Å². The fraction of sp³-hybridized carbons (Fsp3) is 0.429. The van der Waals surface area contributed by atoms with Gasteiger partial charge in [-0.15, -0.1) is 0 Å². The summed E-state index contributed by atoms with van der Waals surface area (Å²) >= 11 is 0. The Bertz CT molecular complexity index is 1080. The molecule has 0 aliphatic rings. The molecular weight excluding hydrogens is 442 g/mol. The molecule has 0 saturated heterocycles. The van der Waals surface area contributed by atoms with Crippen LogP contribution in [0.4, 0.5) is 0 Å². The molecular formula is C28H37N3O4. The molecule has 2 aromatic carbocycles. The molecule has 3 aromatic rings. The van der Waals surface area contributed by atoms with Gasteiger partial charge in [-0.25, -0.2) is 0 Å². The Labute approximate surface area is 208 Å². The van der Waals surface area contributed by atoms with Crippen LogP contribution in [0.5, 0.6) is 5.75 Å². The van der Waals surface area contributed by atoms with Gasteiger partial charge in [-0.1, -0.05) is 43.7 Å². The molecule has 1 aromatic heterocycles. The number of hydrogen-bond acceptors (Lipinski definition) is 4. The first-order valence-corrected chi connectivity index (χ1v) is 12.4. The number of nitrogens with zero attached hydrogens (tertiary/aromatic N) is 2. The summed E-state index contributed by atoms with van der Waals surface area (Å²) < 4.78 is 10.6. The lowest BCUT2D eigenvalue weighted by Gasteiger charge is -2.28. The number of carbonyl (C=O) groups is 2. The van der Waals surface area contributed by atoms with Gasteiger partial charge in [0, 0.05) is 43.8 Å². The summed E-state index contributed by atoms with van der Waals surface area (Å²) in [6.07, 6.45) is 4.52. The first-order valence-electron chi connectivity index (χ1n) is 12.4. The Hall–Kier alpha value is -3.32. The van der Waals surface area contributed by atoms with Gasteiger partial charge in [0.05, 0.1) is 13.2 Å². The summed E-state index contributed by atoms with van der Waals surface area (Å²) in [4.78, 5) is 32.8. The van der Waals surface area contributed by atoms with E-state index in [-0.39, 0.29) is 25.0 Å². The molecule has 0 fully saturated rings. The van der Waals surface area contributed by atoms with Crippen LogP contribution in [-0.4, -0.2) is 66.6 Å². The number of methoxy groups -OCH3 is 1. The second-order valence-corrected chi connectivity index (χ2v) is 8.60. The van der Waals surface area contributed by atoms with Crippen LogP contribution >= 0.6 is 0 Å². The second-order valence-electron chi connectivity index (χ2n) is 8.60. The van der Waals surface area contributed by atoms with Crippen molar-refractivity contribution in [2.45, 2.75) is 39.7 Å². The van der Waals surface area contributed by atoms with E-state index >= 15 is 0 Å². The number of fused-ring (bicyclic) bond motifs is 1. The van der Waals surface area contributed by atoms with Crippen LogP contribution in [0.2, 0.25) is 0 Å². The maximum absolute atomic E-state index is 13.5. The van der Waals surface area contributed by atoms with E-state index in [0.29, 0.717) is 32.7 Å². The van der Waals surface area contributed by atoms with Crippen LogP contribution < -0.4 is 4.74 Å². The van der Waals surface area contributed by atoms with E-state index in [0.717, 1.165) is 29.7 Å². The van der Waals surface area contributed by atoms with Crippen molar-refractivity contribution < 1.29 is 19.1 Å². The number of unbranched alkanes of at least 4 members (excludes halogenated alkanes) is 1. The Balaban J connectivity index is 1.76. The van der Waals surface area contributed by atoms with E-state index in [1.807, 2.05) is 54.4 Å². The maximum atomic E-state index is 13.5. The monoisotopic (exact) mass is 479 g/mol. The summed E-state index contributed by atoms with van der Waals surface area (Å²) in [6.45, 7) is 6.22. The minimum absolute atomic E-state index is 0.0226. The summed E-state index contributed by atoms with van der Waals surface area (Å²) in [5.74, 6) is 0.579. The van der Waals surface area contributed by atoms with Crippen LogP contribution in [0.15, 0.2) is 54.7 Å².